The summed E-state index contributed by atoms with van der Waals surface area (Å²) < 4.78 is 5.24. The molecule has 0 saturated heterocycles. The molecule has 3 aromatic rings. The van der Waals surface area contributed by atoms with Gasteiger partial charge in [0, 0.05) is 10.9 Å². The molecule has 108 valence electrons. The van der Waals surface area contributed by atoms with Crippen molar-refractivity contribution in [3.05, 3.63) is 52.9 Å². The number of anilines is 1. The zero-order valence-corrected chi connectivity index (χ0v) is 12.8. The second kappa shape index (κ2) is 5.20. The van der Waals surface area contributed by atoms with E-state index in [0.29, 0.717) is 0 Å². The monoisotopic (exact) mass is 281 g/mol. The summed E-state index contributed by atoms with van der Waals surface area (Å²) in [4.78, 5) is 4.72. The molecule has 1 aromatic carbocycles. The number of hydrogen-bond acceptors (Lipinski definition) is 4. The number of aryl methyl sites for hydroxylation is 3. The molecule has 4 nitrogen and oxygen atoms in total. The first-order valence-corrected chi connectivity index (χ1v) is 7.12. The fourth-order valence-corrected chi connectivity index (χ4v) is 2.75. The summed E-state index contributed by atoms with van der Waals surface area (Å²) in [6, 6.07) is 10.4. The van der Waals surface area contributed by atoms with Crippen LogP contribution in [0.3, 0.4) is 0 Å². The van der Waals surface area contributed by atoms with E-state index in [1.807, 2.05) is 32.0 Å². The molecule has 21 heavy (non-hydrogen) atoms. The van der Waals surface area contributed by atoms with Gasteiger partial charge in [-0.1, -0.05) is 23.4 Å². The van der Waals surface area contributed by atoms with Gasteiger partial charge in [-0.3, -0.25) is 0 Å². The van der Waals surface area contributed by atoms with Gasteiger partial charge >= 0.3 is 0 Å². The van der Waals surface area contributed by atoms with E-state index in [1.165, 1.54) is 0 Å². The summed E-state index contributed by atoms with van der Waals surface area (Å²) in [5, 5.41) is 8.65. The summed E-state index contributed by atoms with van der Waals surface area (Å²) in [6.07, 6.45) is 0. The predicted molar refractivity (Wildman–Crippen MR) is 84.5 cm³/mol. The molecule has 1 unspecified atom stereocenters. The van der Waals surface area contributed by atoms with Gasteiger partial charge in [-0.2, -0.15) is 0 Å². The number of aromatic nitrogens is 2. The van der Waals surface area contributed by atoms with Crippen molar-refractivity contribution < 1.29 is 4.52 Å². The van der Waals surface area contributed by atoms with Gasteiger partial charge in [0.25, 0.3) is 0 Å². The molecule has 0 spiro atoms. The minimum absolute atomic E-state index is 0.101. The molecular weight excluding hydrogens is 262 g/mol. The lowest BCUT2D eigenvalue weighted by Gasteiger charge is -2.16. The highest BCUT2D eigenvalue weighted by Crippen LogP contribution is 2.27. The fraction of sp³-hybridized carbons (Fsp3) is 0.294. The summed E-state index contributed by atoms with van der Waals surface area (Å²) in [6.45, 7) is 8.07. The molecule has 2 aromatic heterocycles. The molecule has 0 aliphatic rings. The van der Waals surface area contributed by atoms with Crippen molar-refractivity contribution >= 4 is 16.7 Å². The number of fused-ring (bicyclic) bond motifs is 1. The normalized spacial score (nSPS) is 12.6. The number of rotatable bonds is 3. The van der Waals surface area contributed by atoms with E-state index >= 15 is 0 Å². The minimum Gasteiger partial charge on any atom is -0.363 e. The smallest absolute Gasteiger partial charge is 0.139 e. The van der Waals surface area contributed by atoms with Crippen molar-refractivity contribution in [3.63, 3.8) is 0 Å². The number of nitrogens with zero attached hydrogens (tertiary/aromatic N) is 2. The van der Waals surface area contributed by atoms with Crippen LogP contribution >= 0.6 is 0 Å². The number of benzene rings is 1. The summed E-state index contributed by atoms with van der Waals surface area (Å²) in [5.41, 5.74) is 4.15. The molecule has 0 aliphatic carbocycles. The molecule has 0 aliphatic heterocycles. The van der Waals surface area contributed by atoms with Crippen LogP contribution in [0.15, 0.2) is 34.9 Å². The Morgan fingerprint density at radius 2 is 1.90 bits per heavy atom. The van der Waals surface area contributed by atoms with Gasteiger partial charge < -0.3 is 9.84 Å². The maximum Gasteiger partial charge on any atom is 0.139 e. The Morgan fingerprint density at radius 1 is 1.14 bits per heavy atom. The van der Waals surface area contributed by atoms with Crippen LogP contribution in [0.4, 0.5) is 5.82 Å². The lowest BCUT2D eigenvalue weighted by Crippen LogP contribution is -2.10. The number of hydrogen-bond donors (Lipinski definition) is 1. The molecule has 0 fully saturated rings. The summed E-state index contributed by atoms with van der Waals surface area (Å²) in [5.74, 6) is 1.76. The van der Waals surface area contributed by atoms with Crippen LogP contribution in [0.5, 0.6) is 0 Å². The molecule has 0 radical (unpaired) electrons. The molecule has 4 heteroatoms. The Morgan fingerprint density at radius 3 is 2.62 bits per heavy atom. The Hall–Kier alpha value is -2.36. The number of para-hydroxylation sites is 1. The van der Waals surface area contributed by atoms with E-state index in [-0.39, 0.29) is 6.04 Å². The molecule has 0 bridgehead atoms. The van der Waals surface area contributed by atoms with Crippen molar-refractivity contribution in [3.8, 4) is 0 Å². The highest BCUT2D eigenvalue weighted by Gasteiger charge is 2.17. The zero-order chi connectivity index (χ0) is 15.0. The predicted octanol–water partition coefficient (Wildman–Crippen LogP) is 4.32. The fourth-order valence-electron chi connectivity index (χ4n) is 2.75. The largest absolute Gasteiger partial charge is 0.363 e. The van der Waals surface area contributed by atoms with Crippen LogP contribution < -0.4 is 5.32 Å². The standard InChI is InChI=1S/C17H19N3O/c1-10-9-14-7-5-6-8-15(14)19-17(10)18-11(2)16-12(3)20-21-13(16)4/h5-9,11H,1-4H3,(H,18,19). The van der Waals surface area contributed by atoms with Crippen LogP contribution in [-0.2, 0) is 0 Å². The van der Waals surface area contributed by atoms with Crippen molar-refractivity contribution in [2.45, 2.75) is 33.7 Å². The Labute approximate surface area is 124 Å². The first-order valence-electron chi connectivity index (χ1n) is 7.12. The van der Waals surface area contributed by atoms with Crippen LogP contribution in [-0.4, -0.2) is 10.1 Å². The third kappa shape index (κ3) is 2.49. The number of pyridine rings is 1. The maximum absolute atomic E-state index is 5.24. The molecular formula is C17H19N3O. The third-order valence-corrected chi connectivity index (χ3v) is 3.79. The molecule has 0 amide bonds. The maximum atomic E-state index is 5.24. The topological polar surface area (TPSA) is 51.0 Å². The second-order valence-corrected chi connectivity index (χ2v) is 5.45. The van der Waals surface area contributed by atoms with Gasteiger partial charge in [0.15, 0.2) is 0 Å². The van der Waals surface area contributed by atoms with Crippen LogP contribution in [0.2, 0.25) is 0 Å². The molecule has 1 N–H and O–H groups in total. The molecule has 1 atom stereocenters. The van der Waals surface area contributed by atoms with Crippen molar-refractivity contribution in [2.24, 2.45) is 0 Å². The Balaban J connectivity index is 1.96. The summed E-state index contributed by atoms with van der Waals surface area (Å²) in [7, 11) is 0. The first-order chi connectivity index (χ1) is 10.1. The van der Waals surface area contributed by atoms with Gasteiger partial charge in [0.1, 0.15) is 11.6 Å². The van der Waals surface area contributed by atoms with E-state index in [9.17, 15) is 0 Å². The van der Waals surface area contributed by atoms with Crippen molar-refractivity contribution in [1.82, 2.24) is 10.1 Å². The number of nitrogens with one attached hydrogen (secondary N) is 1. The van der Waals surface area contributed by atoms with E-state index in [4.69, 9.17) is 9.51 Å². The van der Waals surface area contributed by atoms with Gasteiger partial charge in [-0.05, 0) is 45.4 Å². The van der Waals surface area contributed by atoms with Crippen molar-refractivity contribution in [2.75, 3.05) is 5.32 Å². The SMILES string of the molecule is Cc1cc2ccccc2nc1NC(C)c1c(C)noc1C. The summed E-state index contributed by atoms with van der Waals surface area (Å²) >= 11 is 0. The van der Waals surface area contributed by atoms with Crippen LogP contribution in [0.1, 0.15) is 35.5 Å². The van der Waals surface area contributed by atoms with Gasteiger partial charge in [0.2, 0.25) is 0 Å². The first kappa shape index (κ1) is 13.6. The molecule has 2 heterocycles. The van der Waals surface area contributed by atoms with E-state index in [0.717, 1.165) is 39.3 Å². The van der Waals surface area contributed by atoms with Crippen LogP contribution in [0.25, 0.3) is 10.9 Å². The average molecular weight is 281 g/mol. The molecule has 3 rings (SSSR count). The lowest BCUT2D eigenvalue weighted by atomic mass is 10.1. The highest BCUT2D eigenvalue weighted by molar-refractivity contribution is 5.81. The Kier molecular flexibility index (Phi) is 3.37. The van der Waals surface area contributed by atoms with E-state index in [2.05, 4.69) is 36.5 Å². The van der Waals surface area contributed by atoms with Crippen LogP contribution in [0, 0.1) is 20.8 Å². The van der Waals surface area contributed by atoms with Gasteiger partial charge in [0.05, 0.1) is 17.3 Å². The van der Waals surface area contributed by atoms with E-state index in [1.54, 1.807) is 0 Å². The zero-order valence-electron chi connectivity index (χ0n) is 12.8. The lowest BCUT2D eigenvalue weighted by molar-refractivity contribution is 0.392. The Bertz CT molecular complexity index is 772. The minimum atomic E-state index is 0.101. The van der Waals surface area contributed by atoms with Gasteiger partial charge in [-0.15, -0.1) is 0 Å². The van der Waals surface area contributed by atoms with Gasteiger partial charge in [-0.25, -0.2) is 4.98 Å². The third-order valence-electron chi connectivity index (χ3n) is 3.79. The molecule has 0 saturated carbocycles. The second-order valence-electron chi connectivity index (χ2n) is 5.45. The quantitative estimate of drug-likeness (QED) is 0.776. The average Bonchev–Trinajstić information content (AvgIpc) is 2.79. The van der Waals surface area contributed by atoms with E-state index < -0.39 is 0 Å². The van der Waals surface area contributed by atoms with Crippen molar-refractivity contribution in [1.29, 1.82) is 0 Å². The highest BCUT2D eigenvalue weighted by atomic mass is 16.5.